The van der Waals surface area contributed by atoms with Gasteiger partial charge in [-0.2, -0.15) is 0 Å². The molecule has 1 heterocycles. The Kier molecular flexibility index (Phi) is 5.02. The molecule has 0 unspecified atom stereocenters. The smallest absolute Gasteiger partial charge is 0.262 e. The summed E-state index contributed by atoms with van der Waals surface area (Å²) in [5.74, 6) is 0.879. The number of benzene rings is 2. The molecule has 0 saturated carbocycles. The Morgan fingerprint density at radius 1 is 1.12 bits per heavy atom. The number of nitrogens with zero attached hydrogens (tertiary/aromatic N) is 2. The summed E-state index contributed by atoms with van der Waals surface area (Å²) in [4.78, 5) is 13.0. The van der Waals surface area contributed by atoms with Crippen LogP contribution in [0.25, 0.3) is 10.4 Å². The molecule has 0 atom stereocenters. The zero-order valence-corrected chi connectivity index (χ0v) is 13.7. The van der Waals surface area contributed by atoms with Crippen molar-refractivity contribution in [1.29, 1.82) is 0 Å². The van der Waals surface area contributed by atoms with Crippen LogP contribution < -0.4 is 14.8 Å². The van der Waals surface area contributed by atoms with Gasteiger partial charge in [0, 0.05) is 5.69 Å². The van der Waals surface area contributed by atoms with Crippen molar-refractivity contribution in [1.82, 2.24) is 9.59 Å². The average Bonchev–Trinajstić information content (AvgIpc) is 3.15. The standard InChI is InChI=1S/C17H15N3O3S/c1-22-14-4-2-3-5-15(14)23-11-17(21)19-13-8-6-12(7-9-13)16-10-18-20-24-16/h2-10H,11H2,1H3,(H,19,21). The SMILES string of the molecule is COc1ccccc1OCC(=O)Nc1ccc(-c2cnns2)cc1. The van der Waals surface area contributed by atoms with Gasteiger partial charge in [-0.25, -0.2) is 0 Å². The van der Waals surface area contributed by atoms with Crippen LogP contribution in [0.2, 0.25) is 0 Å². The number of aromatic nitrogens is 2. The number of methoxy groups -OCH3 is 1. The maximum absolute atomic E-state index is 12.0. The van der Waals surface area contributed by atoms with Crippen LogP contribution in [0.3, 0.4) is 0 Å². The molecule has 0 spiro atoms. The van der Waals surface area contributed by atoms with E-state index in [2.05, 4.69) is 14.9 Å². The summed E-state index contributed by atoms with van der Waals surface area (Å²) < 4.78 is 14.5. The predicted molar refractivity (Wildman–Crippen MR) is 92.5 cm³/mol. The highest BCUT2D eigenvalue weighted by molar-refractivity contribution is 7.09. The Morgan fingerprint density at radius 3 is 2.54 bits per heavy atom. The van der Waals surface area contributed by atoms with E-state index in [1.807, 2.05) is 36.4 Å². The van der Waals surface area contributed by atoms with E-state index in [0.717, 1.165) is 10.4 Å². The minimum absolute atomic E-state index is 0.0963. The molecule has 6 nitrogen and oxygen atoms in total. The Hall–Kier alpha value is -2.93. The lowest BCUT2D eigenvalue weighted by molar-refractivity contribution is -0.118. The number of hydrogen-bond acceptors (Lipinski definition) is 6. The molecule has 0 aliphatic heterocycles. The largest absolute Gasteiger partial charge is 0.493 e. The minimum Gasteiger partial charge on any atom is -0.493 e. The average molecular weight is 341 g/mol. The van der Waals surface area contributed by atoms with E-state index in [-0.39, 0.29) is 12.5 Å². The Bertz CT molecular complexity index is 804. The van der Waals surface area contributed by atoms with E-state index in [9.17, 15) is 4.79 Å². The Balaban J connectivity index is 1.57. The second kappa shape index (κ2) is 7.56. The van der Waals surface area contributed by atoms with Gasteiger partial charge in [0.15, 0.2) is 18.1 Å². The lowest BCUT2D eigenvalue weighted by atomic mass is 10.2. The molecule has 0 saturated heterocycles. The molecule has 122 valence electrons. The lowest BCUT2D eigenvalue weighted by Crippen LogP contribution is -2.20. The zero-order valence-electron chi connectivity index (χ0n) is 12.9. The van der Waals surface area contributed by atoms with Gasteiger partial charge in [-0.1, -0.05) is 28.8 Å². The summed E-state index contributed by atoms with van der Waals surface area (Å²) in [6, 6.07) is 14.7. The molecule has 1 amide bonds. The van der Waals surface area contributed by atoms with Gasteiger partial charge in [-0.15, -0.1) is 5.10 Å². The number of amides is 1. The third kappa shape index (κ3) is 3.88. The minimum atomic E-state index is -0.242. The molecule has 1 aromatic heterocycles. The molecule has 3 aromatic rings. The summed E-state index contributed by atoms with van der Waals surface area (Å²) in [5, 5.41) is 6.60. The Morgan fingerprint density at radius 2 is 1.88 bits per heavy atom. The molecular formula is C17H15N3O3S. The second-order valence-electron chi connectivity index (χ2n) is 4.85. The highest BCUT2D eigenvalue weighted by Gasteiger charge is 2.08. The normalized spacial score (nSPS) is 10.2. The summed E-state index contributed by atoms with van der Waals surface area (Å²) in [6.45, 7) is -0.0963. The fraction of sp³-hybridized carbons (Fsp3) is 0.118. The highest BCUT2D eigenvalue weighted by Crippen LogP contribution is 2.26. The number of ether oxygens (including phenoxy) is 2. The first kappa shape index (κ1) is 15.9. The van der Waals surface area contributed by atoms with E-state index in [4.69, 9.17) is 9.47 Å². The van der Waals surface area contributed by atoms with Crippen LogP contribution in [0, 0.1) is 0 Å². The molecule has 7 heteroatoms. The van der Waals surface area contributed by atoms with Gasteiger partial charge in [0.2, 0.25) is 0 Å². The van der Waals surface area contributed by atoms with Crippen LogP contribution in [-0.4, -0.2) is 29.2 Å². The molecule has 0 aliphatic rings. The van der Waals surface area contributed by atoms with E-state index >= 15 is 0 Å². The fourth-order valence-corrected chi connectivity index (χ4v) is 2.61. The van der Waals surface area contributed by atoms with Gasteiger partial charge in [0.25, 0.3) is 5.91 Å². The summed E-state index contributed by atoms with van der Waals surface area (Å²) in [7, 11) is 1.56. The fourth-order valence-electron chi connectivity index (χ4n) is 2.09. The van der Waals surface area contributed by atoms with Crippen LogP contribution in [0.15, 0.2) is 54.7 Å². The van der Waals surface area contributed by atoms with Crippen molar-refractivity contribution in [3.8, 4) is 21.9 Å². The molecule has 1 N–H and O–H groups in total. The second-order valence-corrected chi connectivity index (χ2v) is 5.63. The van der Waals surface area contributed by atoms with Crippen LogP contribution >= 0.6 is 11.5 Å². The predicted octanol–water partition coefficient (Wildman–Crippen LogP) is 3.23. The maximum Gasteiger partial charge on any atom is 0.262 e. The van der Waals surface area contributed by atoms with Crippen molar-refractivity contribution < 1.29 is 14.3 Å². The van der Waals surface area contributed by atoms with Crippen molar-refractivity contribution in [2.75, 3.05) is 19.0 Å². The third-order valence-corrected chi connectivity index (χ3v) is 3.96. The number of carbonyl (C=O) groups is 1. The third-order valence-electron chi connectivity index (χ3n) is 3.24. The van der Waals surface area contributed by atoms with Crippen LogP contribution in [0.1, 0.15) is 0 Å². The highest BCUT2D eigenvalue weighted by atomic mass is 32.1. The number of carbonyl (C=O) groups excluding carboxylic acids is 1. The first-order valence-corrected chi connectivity index (χ1v) is 7.97. The van der Waals surface area contributed by atoms with Gasteiger partial charge >= 0.3 is 0 Å². The molecule has 2 aromatic carbocycles. The van der Waals surface area contributed by atoms with E-state index in [1.165, 1.54) is 11.5 Å². The van der Waals surface area contributed by atoms with Crippen LogP contribution in [-0.2, 0) is 4.79 Å². The molecule has 0 aliphatic carbocycles. The summed E-state index contributed by atoms with van der Waals surface area (Å²) in [6.07, 6.45) is 1.71. The zero-order chi connectivity index (χ0) is 16.8. The monoisotopic (exact) mass is 341 g/mol. The van der Waals surface area contributed by atoms with Crippen molar-refractivity contribution in [2.24, 2.45) is 0 Å². The molecule has 3 rings (SSSR count). The molecule has 0 bridgehead atoms. The molecule has 0 radical (unpaired) electrons. The van der Waals surface area contributed by atoms with E-state index in [1.54, 1.807) is 25.4 Å². The number of para-hydroxylation sites is 2. The number of nitrogens with one attached hydrogen (secondary N) is 1. The number of rotatable bonds is 6. The number of hydrogen-bond donors (Lipinski definition) is 1. The molecule has 0 fully saturated rings. The summed E-state index contributed by atoms with van der Waals surface area (Å²) in [5.41, 5.74) is 1.71. The van der Waals surface area contributed by atoms with E-state index < -0.39 is 0 Å². The topological polar surface area (TPSA) is 73.3 Å². The first-order chi connectivity index (χ1) is 11.8. The quantitative estimate of drug-likeness (QED) is 0.745. The van der Waals surface area contributed by atoms with E-state index in [0.29, 0.717) is 17.2 Å². The van der Waals surface area contributed by atoms with Crippen LogP contribution in [0.5, 0.6) is 11.5 Å². The maximum atomic E-state index is 12.0. The van der Waals surface area contributed by atoms with Gasteiger partial charge in [-0.05, 0) is 41.4 Å². The van der Waals surface area contributed by atoms with Crippen LogP contribution in [0.4, 0.5) is 5.69 Å². The Labute approximate surface area is 143 Å². The van der Waals surface area contributed by atoms with Crippen molar-refractivity contribution in [3.05, 3.63) is 54.7 Å². The number of anilines is 1. The van der Waals surface area contributed by atoms with Gasteiger partial charge in [-0.3, -0.25) is 4.79 Å². The van der Waals surface area contributed by atoms with Crippen molar-refractivity contribution in [3.63, 3.8) is 0 Å². The first-order valence-electron chi connectivity index (χ1n) is 7.20. The van der Waals surface area contributed by atoms with Crippen molar-refractivity contribution in [2.45, 2.75) is 0 Å². The van der Waals surface area contributed by atoms with Crippen molar-refractivity contribution >= 4 is 23.1 Å². The molecule has 24 heavy (non-hydrogen) atoms. The van der Waals surface area contributed by atoms with Gasteiger partial charge < -0.3 is 14.8 Å². The lowest BCUT2D eigenvalue weighted by Gasteiger charge is -2.10. The van der Waals surface area contributed by atoms with Gasteiger partial charge in [0.05, 0.1) is 18.2 Å². The molecular weight excluding hydrogens is 326 g/mol. The van der Waals surface area contributed by atoms with Gasteiger partial charge in [0.1, 0.15) is 0 Å². The summed E-state index contributed by atoms with van der Waals surface area (Å²) >= 11 is 1.32.